The van der Waals surface area contributed by atoms with Gasteiger partial charge in [-0.1, -0.05) is 42.5 Å². The molecule has 2 amide bonds. The molecule has 2 aliphatic rings. The SMILES string of the molecule is CCOC(=O)C1(C/C=C/c2ccccc2)CCCN(C(=O)CN2CCCC2=O)C1. The molecule has 2 saturated heterocycles. The number of allylic oxidation sites excluding steroid dienone is 1. The second-order valence-corrected chi connectivity index (χ2v) is 7.86. The normalized spacial score (nSPS) is 22.3. The van der Waals surface area contributed by atoms with Gasteiger partial charge in [-0.2, -0.15) is 0 Å². The van der Waals surface area contributed by atoms with Gasteiger partial charge in [0, 0.05) is 26.1 Å². The summed E-state index contributed by atoms with van der Waals surface area (Å²) >= 11 is 0. The number of hydrogen-bond acceptors (Lipinski definition) is 4. The van der Waals surface area contributed by atoms with E-state index in [-0.39, 0.29) is 24.3 Å². The average molecular weight is 399 g/mol. The fraction of sp³-hybridized carbons (Fsp3) is 0.522. The van der Waals surface area contributed by atoms with Gasteiger partial charge in [0.2, 0.25) is 11.8 Å². The number of piperidine rings is 1. The first-order valence-corrected chi connectivity index (χ1v) is 10.5. The molecule has 0 saturated carbocycles. The first-order valence-electron chi connectivity index (χ1n) is 10.5. The van der Waals surface area contributed by atoms with Gasteiger partial charge in [-0.05, 0) is 38.2 Å². The van der Waals surface area contributed by atoms with Crippen LogP contribution in [0.4, 0.5) is 0 Å². The fourth-order valence-corrected chi connectivity index (χ4v) is 4.16. The van der Waals surface area contributed by atoms with E-state index in [9.17, 15) is 14.4 Å². The molecule has 2 heterocycles. The van der Waals surface area contributed by atoms with Crippen LogP contribution in [0.2, 0.25) is 0 Å². The zero-order valence-corrected chi connectivity index (χ0v) is 17.1. The summed E-state index contributed by atoms with van der Waals surface area (Å²) in [6.07, 6.45) is 7.30. The Morgan fingerprint density at radius 2 is 1.97 bits per heavy atom. The van der Waals surface area contributed by atoms with E-state index in [1.54, 1.807) is 16.7 Å². The maximum absolute atomic E-state index is 12.9. The van der Waals surface area contributed by atoms with Crippen LogP contribution in [-0.4, -0.2) is 60.4 Å². The molecule has 29 heavy (non-hydrogen) atoms. The topological polar surface area (TPSA) is 66.9 Å². The van der Waals surface area contributed by atoms with Crippen molar-refractivity contribution < 1.29 is 19.1 Å². The molecule has 0 N–H and O–H groups in total. The van der Waals surface area contributed by atoms with Crippen molar-refractivity contribution in [3.63, 3.8) is 0 Å². The Hall–Kier alpha value is -2.63. The van der Waals surface area contributed by atoms with Crippen LogP contribution in [0.3, 0.4) is 0 Å². The van der Waals surface area contributed by atoms with Crippen molar-refractivity contribution in [1.82, 2.24) is 9.80 Å². The van der Waals surface area contributed by atoms with E-state index in [4.69, 9.17) is 4.74 Å². The van der Waals surface area contributed by atoms with E-state index in [1.807, 2.05) is 42.5 Å². The molecular formula is C23H30N2O4. The lowest BCUT2D eigenvalue weighted by atomic mass is 9.76. The molecule has 6 nitrogen and oxygen atoms in total. The van der Waals surface area contributed by atoms with Crippen LogP contribution in [0.15, 0.2) is 36.4 Å². The summed E-state index contributed by atoms with van der Waals surface area (Å²) in [4.78, 5) is 40.9. The van der Waals surface area contributed by atoms with Gasteiger partial charge in [0.25, 0.3) is 0 Å². The molecule has 0 radical (unpaired) electrons. The molecule has 1 atom stereocenters. The van der Waals surface area contributed by atoms with E-state index >= 15 is 0 Å². The number of carbonyl (C=O) groups excluding carboxylic acids is 3. The highest BCUT2D eigenvalue weighted by atomic mass is 16.5. The van der Waals surface area contributed by atoms with Crippen molar-refractivity contribution in [2.24, 2.45) is 5.41 Å². The predicted octanol–water partition coefficient (Wildman–Crippen LogP) is 2.88. The minimum absolute atomic E-state index is 0.0396. The molecule has 2 fully saturated rings. The molecule has 156 valence electrons. The molecule has 1 unspecified atom stereocenters. The first kappa shape index (κ1) is 21.1. The molecule has 0 spiro atoms. The van der Waals surface area contributed by atoms with Crippen LogP contribution in [-0.2, 0) is 19.1 Å². The number of benzene rings is 1. The summed E-state index contributed by atoms with van der Waals surface area (Å²) in [6, 6.07) is 9.94. The maximum atomic E-state index is 12.9. The van der Waals surface area contributed by atoms with E-state index < -0.39 is 5.41 Å². The summed E-state index contributed by atoms with van der Waals surface area (Å²) in [7, 11) is 0. The lowest BCUT2D eigenvalue weighted by Crippen LogP contribution is -2.52. The fourth-order valence-electron chi connectivity index (χ4n) is 4.16. The van der Waals surface area contributed by atoms with Crippen LogP contribution >= 0.6 is 0 Å². The average Bonchev–Trinajstić information content (AvgIpc) is 3.13. The van der Waals surface area contributed by atoms with Crippen LogP contribution < -0.4 is 0 Å². The molecule has 2 aliphatic heterocycles. The van der Waals surface area contributed by atoms with Gasteiger partial charge in [-0.25, -0.2) is 0 Å². The third-order valence-electron chi connectivity index (χ3n) is 5.75. The zero-order valence-electron chi connectivity index (χ0n) is 17.1. The maximum Gasteiger partial charge on any atom is 0.314 e. The number of esters is 1. The summed E-state index contributed by atoms with van der Waals surface area (Å²) in [5, 5.41) is 0. The highest BCUT2D eigenvalue weighted by Crippen LogP contribution is 2.36. The highest BCUT2D eigenvalue weighted by Gasteiger charge is 2.44. The number of likely N-dealkylation sites (tertiary alicyclic amines) is 2. The Morgan fingerprint density at radius 1 is 1.17 bits per heavy atom. The number of rotatable bonds is 7. The summed E-state index contributed by atoms with van der Waals surface area (Å²) in [6.45, 7) is 3.82. The second-order valence-electron chi connectivity index (χ2n) is 7.86. The lowest BCUT2D eigenvalue weighted by molar-refractivity contribution is -0.161. The van der Waals surface area contributed by atoms with Crippen molar-refractivity contribution in [3.05, 3.63) is 42.0 Å². The summed E-state index contributed by atoms with van der Waals surface area (Å²) < 4.78 is 5.39. The van der Waals surface area contributed by atoms with Crippen LogP contribution in [0.1, 0.15) is 44.6 Å². The summed E-state index contributed by atoms with van der Waals surface area (Å²) in [5.74, 6) is -0.286. The predicted molar refractivity (Wildman–Crippen MR) is 111 cm³/mol. The summed E-state index contributed by atoms with van der Waals surface area (Å²) in [5.41, 5.74) is 0.340. The van der Waals surface area contributed by atoms with Gasteiger partial charge >= 0.3 is 5.97 Å². The van der Waals surface area contributed by atoms with Gasteiger partial charge in [0.05, 0.1) is 18.6 Å². The molecule has 1 aromatic rings. The molecule has 6 heteroatoms. The number of hydrogen-bond donors (Lipinski definition) is 0. The Kier molecular flexibility index (Phi) is 7.07. The highest BCUT2D eigenvalue weighted by molar-refractivity contribution is 5.86. The van der Waals surface area contributed by atoms with E-state index in [2.05, 4.69) is 0 Å². The molecule has 0 aromatic heterocycles. The Bertz CT molecular complexity index is 761. The molecule has 0 aliphatic carbocycles. The molecule has 1 aromatic carbocycles. The third kappa shape index (κ3) is 5.25. The van der Waals surface area contributed by atoms with Gasteiger partial charge < -0.3 is 14.5 Å². The van der Waals surface area contributed by atoms with Crippen molar-refractivity contribution in [2.75, 3.05) is 32.8 Å². The molecular weight excluding hydrogens is 368 g/mol. The quantitative estimate of drug-likeness (QED) is 0.663. The smallest absolute Gasteiger partial charge is 0.314 e. The minimum atomic E-state index is -0.732. The van der Waals surface area contributed by atoms with E-state index in [0.717, 1.165) is 18.4 Å². The van der Waals surface area contributed by atoms with Gasteiger partial charge in [0.15, 0.2) is 0 Å². The minimum Gasteiger partial charge on any atom is -0.466 e. The van der Waals surface area contributed by atoms with Crippen LogP contribution in [0.25, 0.3) is 6.08 Å². The number of amides is 2. The number of nitrogens with zero attached hydrogens (tertiary/aromatic N) is 2. The Balaban J connectivity index is 1.71. The van der Waals surface area contributed by atoms with Gasteiger partial charge in [0.1, 0.15) is 0 Å². The standard InChI is InChI=1S/C23H30N2O4/c1-2-29-22(28)23(13-6-11-19-9-4-3-5-10-19)14-8-16-25(18-23)21(27)17-24-15-7-12-20(24)26/h3-6,9-11H,2,7-8,12-18H2,1H3/b11-6+. The van der Waals surface area contributed by atoms with Crippen molar-refractivity contribution >= 4 is 23.9 Å². The lowest BCUT2D eigenvalue weighted by Gasteiger charge is -2.41. The van der Waals surface area contributed by atoms with E-state index in [0.29, 0.717) is 45.5 Å². The first-order chi connectivity index (χ1) is 14.0. The molecule has 0 bridgehead atoms. The number of carbonyl (C=O) groups is 3. The van der Waals surface area contributed by atoms with Gasteiger partial charge in [-0.3, -0.25) is 14.4 Å². The Labute approximate surface area is 172 Å². The largest absolute Gasteiger partial charge is 0.466 e. The Morgan fingerprint density at radius 3 is 2.66 bits per heavy atom. The van der Waals surface area contributed by atoms with Crippen molar-refractivity contribution in [2.45, 2.75) is 39.0 Å². The van der Waals surface area contributed by atoms with Crippen molar-refractivity contribution in [1.29, 1.82) is 0 Å². The monoisotopic (exact) mass is 398 g/mol. The number of ether oxygens (including phenoxy) is 1. The van der Waals surface area contributed by atoms with E-state index in [1.165, 1.54) is 0 Å². The second kappa shape index (κ2) is 9.72. The zero-order chi connectivity index (χ0) is 20.7. The molecule has 3 rings (SSSR count). The van der Waals surface area contributed by atoms with Crippen molar-refractivity contribution in [3.8, 4) is 0 Å². The van der Waals surface area contributed by atoms with Gasteiger partial charge in [-0.15, -0.1) is 0 Å². The third-order valence-corrected chi connectivity index (χ3v) is 5.75. The van der Waals surface area contributed by atoms with Crippen LogP contribution in [0, 0.1) is 5.41 Å². The van der Waals surface area contributed by atoms with Crippen LogP contribution in [0.5, 0.6) is 0 Å².